The van der Waals surface area contributed by atoms with Crippen LogP contribution in [0.5, 0.6) is 5.75 Å². The van der Waals surface area contributed by atoms with Gasteiger partial charge in [0.15, 0.2) is 0 Å². The number of ether oxygens (including phenoxy) is 1. The number of carbonyl (C=O) groups is 1. The van der Waals surface area contributed by atoms with E-state index in [2.05, 4.69) is 26.1 Å². The van der Waals surface area contributed by atoms with E-state index in [0.717, 1.165) is 49.5 Å². The first-order valence-corrected chi connectivity index (χ1v) is 7.93. The fraction of sp³-hybridized carbons (Fsp3) is 0.533. The third-order valence-electron chi connectivity index (χ3n) is 3.71. The van der Waals surface area contributed by atoms with E-state index >= 15 is 0 Å². The van der Waals surface area contributed by atoms with Crippen molar-refractivity contribution < 1.29 is 9.53 Å². The molecule has 5 nitrogen and oxygen atoms in total. The Bertz CT molecular complexity index is 490. The zero-order chi connectivity index (χ0) is 15.2. The Morgan fingerprint density at radius 1 is 1.43 bits per heavy atom. The number of halogens is 1. The van der Waals surface area contributed by atoms with Crippen molar-refractivity contribution in [2.75, 3.05) is 53.4 Å². The summed E-state index contributed by atoms with van der Waals surface area (Å²) in [5.74, 6) is 0.767. The predicted molar refractivity (Wildman–Crippen MR) is 87.0 cm³/mol. The van der Waals surface area contributed by atoms with E-state index in [4.69, 9.17) is 4.74 Å². The normalized spacial score (nSPS) is 15.8. The van der Waals surface area contributed by atoms with Gasteiger partial charge in [-0.15, -0.1) is 0 Å². The molecule has 0 atom stereocenters. The average molecular weight is 356 g/mol. The van der Waals surface area contributed by atoms with Crippen LogP contribution in [0.3, 0.4) is 0 Å². The van der Waals surface area contributed by atoms with Crippen molar-refractivity contribution in [1.82, 2.24) is 15.1 Å². The highest BCUT2D eigenvalue weighted by Gasteiger charge is 2.15. The van der Waals surface area contributed by atoms with Gasteiger partial charge in [0.25, 0.3) is 5.91 Å². The number of benzene rings is 1. The summed E-state index contributed by atoms with van der Waals surface area (Å²) in [5, 5.41) is 3.33. The average Bonchev–Trinajstić information content (AvgIpc) is 2.52. The molecule has 0 bridgehead atoms. The molecule has 0 saturated carbocycles. The van der Waals surface area contributed by atoms with E-state index in [9.17, 15) is 4.79 Å². The van der Waals surface area contributed by atoms with Crippen LogP contribution < -0.4 is 10.1 Å². The first kappa shape index (κ1) is 16.3. The molecule has 1 aromatic rings. The van der Waals surface area contributed by atoms with E-state index in [0.29, 0.717) is 5.56 Å². The quantitative estimate of drug-likeness (QED) is 0.867. The van der Waals surface area contributed by atoms with Crippen molar-refractivity contribution in [2.45, 2.75) is 0 Å². The largest absolute Gasteiger partial charge is 0.496 e. The van der Waals surface area contributed by atoms with Crippen LogP contribution in [0.25, 0.3) is 0 Å². The number of nitrogens with one attached hydrogen (secondary N) is 1. The van der Waals surface area contributed by atoms with E-state index < -0.39 is 0 Å². The number of nitrogens with zero attached hydrogens (tertiary/aromatic N) is 2. The van der Waals surface area contributed by atoms with Crippen LogP contribution in [0.4, 0.5) is 0 Å². The smallest absolute Gasteiger partial charge is 0.253 e. The molecule has 0 spiro atoms. The van der Waals surface area contributed by atoms with E-state index in [-0.39, 0.29) is 5.91 Å². The maximum atomic E-state index is 12.4. The number of hydrogen-bond acceptors (Lipinski definition) is 4. The van der Waals surface area contributed by atoms with Crippen LogP contribution in [0.1, 0.15) is 10.4 Å². The van der Waals surface area contributed by atoms with Gasteiger partial charge >= 0.3 is 0 Å². The summed E-state index contributed by atoms with van der Waals surface area (Å²) in [5.41, 5.74) is 0.672. The summed E-state index contributed by atoms with van der Waals surface area (Å²) in [4.78, 5) is 16.6. The molecule has 1 aliphatic heterocycles. The lowest BCUT2D eigenvalue weighted by Crippen LogP contribution is -2.46. The molecule has 21 heavy (non-hydrogen) atoms. The maximum Gasteiger partial charge on any atom is 0.253 e. The van der Waals surface area contributed by atoms with Crippen molar-refractivity contribution in [1.29, 1.82) is 0 Å². The molecule has 0 aromatic heterocycles. The van der Waals surface area contributed by atoms with Crippen molar-refractivity contribution >= 4 is 21.8 Å². The van der Waals surface area contributed by atoms with Gasteiger partial charge in [0.05, 0.1) is 11.6 Å². The van der Waals surface area contributed by atoms with Gasteiger partial charge in [0.1, 0.15) is 5.75 Å². The SMILES string of the molecule is COc1ccc(C(=O)N(C)CCN2CCNCC2)cc1Br. The molecule has 1 heterocycles. The van der Waals surface area contributed by atoms with Gasteiger partial charge in [0.2, 0.25) is 0 Å². The predicted octanol–water partition coefficient (Wildman–Crippen LogP) is 1.43. The Morgan fingerprint density at radius 3 is 2.76 bits per heavy atom. The number of carbonyl (C=O) groups excluding carboxylic acids is 1. The minimum absolute atomic E-state index is 0.0356. The minimum atomic E-state index is 0.0356. The van der Waals surface area contributed by atoms with Gasteiger partial charge in [-0.3, -0.25) is 9.69 Å². The van der Waals surface area contributed by atoms with Crippen molar-refractivity contribution in [3.63, 3.8) is 0 Å². The second-order valence-electron chi connectivity index (χ2n) is 5.17. The van der Waals surface area contributed by atoms with Crippen LogP contribution in [0.2, 0.25) is 0 Å². The molecule has 116 valence electrons. The Hall–Kier alpha value is -1.11. The van der Waals surface area contributed by atoms with Gasteiger partial charge < -0.3 is 15.0 Å². The molecule has 0 unspecified atom stereocenters. The lowest BCUT2D eigenvalue weighted by molar-refractivity contribution is 0.0774. The summed E-state index contributed by atoms with van der Waals surface area (Å²) in [6.07, 6.45) is 0. The van der Waals surface area contributed by atoms with Gasteiger partial charge in [-0.1, -0.05) is 0 Å². The Labute approximate surface area is 134 Å². The highest BCUT2D eigenvalue weighted by molar-refractivity contribution is 9.10. The number of likely N-dealkylation sites (N-methyl/N-ethyl adjacent to an activating group) is 1. The van der Waals surface area contributed by atoms with Crippen LogP contribution in [0, 0.1) is 0 Å². The highest BCUT2D eigenvalue weighted by Crippen LogP contribution is 2.25. The fourth-order valence-corrected chi connectivity index (χ4v) is 2.89. The van der Waals surface area contributed by atoms with Crippen LogP contribution in [-0.4, -0.2) is 69.1 Å². The van der Waals surface area contributed by atoms with Gasteiger partial charge in [0, 0.05) is 51.9 Å². The second-order valence-corrected chi connectivity index (χ2v) is 6.02. The lowest BCUT2D eigenvalue weighted by atomic mass is 10.2. The molecule has 1 aromatic carbocycles. The van der Waals surface area contributed by atoms with E-state index in [1.165, 1.54) is 0 Å². The Balaban J connectivity index is 1.90. The summed E-state index contributed by atoms with van der Waals surface area (Å²) < 4.78 is 5.98. The topological polar surface area (TPSA) is 44.8 Å². The summed E-state index contributed by atoms with van der Waals surface area (Å²) in [7, 11) is 3.46. The lowest BCUT2D eigenvalue weighted by Gasteiger charge is -2.29. The number of amides is 1. The van der Waals surface area contributed by atoms with Crippen LogP contribution >= 0.6 is 15.9 Å². The molecule has 1 amide bonds. The minimum Gasteiger partial charge on any atom is -0.496 e. The number of piperazine rings is 1. The molecule has 6 heteroatoms. The highest BCUT2D eigenvalue weighted by atomic mass is 79.9. The molecular weight excluding hydrogens is 334 g/mol. The number of methoxy groups -OCH3 is 1. The molecule has 1 N–H and O–H groups in total. The summed E-state index contributed by atoms with van der Waals surface area (Å²) >= 11 is 3.42. The van der Waals surface area contributed by atoms with Crippen LogP contribution in [-0.2, 0) is 0 Å². The molecule has 0 radical (unpaired) electrons. The third kappa shape index (κ3) is 4.43. The Kier molecular flexibility index (Phi) is 6.02. The molecule has 1 fully saturated rings. The van der Waals surface area contributed by atoms with Gasteiger partial charge in [-0.2, -0.15) is 0 Å². The van der Waals surface area contributed by atoms with Crippen molar-refractivity contribution in [2.24, 2.45) is 0 Å². The van der Waals surface area contributed by atoms with Crippen LogP contribution in [0.15, 0.2) is 22.7 Å². The van der Waals surface area contributed by atoms with Crippen molar-refractivity contribution in [3.05, 3.63) is 28.2 Å². The molecular formula is C15H22BrN3O2. The molecule has 1 aliphatic rings. The second kappa shape index (κ2) is 7.77. The zero-order valence-electron chi connectivity index (χ0n) is 12.6. The zero-order valence-corrected chi connectivity index (χ0v) is 14.1. The number of rotatable bonds is 5. The third-order valence-corrected chi connectivity index (χ3v) is 4.33. The standard InChI is InChI=1S/C15H22BrN3O2/c1-18(9-10-19-7-5-17-6-8-19)15(20)12-3-4-14(21-2)13(16)11-12/h3-4,11,17H,5-10H2,1-2H3. The monoisotopic (exact) mass is 355 g/mol. The number of hydrogen-bond donors (Lipinski definition) is 1. The first-order valence-electron chi connectivity index (χ1n) is 7.14. The van der Waals surface area contributed by atoms with E-state index in [1.807, 2.05) is 19.2 Å². The molecule has 1 saturated heterocycles. The van der Waals surface area contributed by atoms with Gasteiger partial charge in [-0.25, -0.2) is 0 Å². The summed E-state index contributed by atoms with van der Waals surface area (Å²) in [6, 6.07) is 5.41. The Morgan fingerprint density at radius 2 is 2.14 bits per heavy atom. The maximum absolute atomic E-state index is 12.4. The van der Waals surface area contributed by atoms with Gasteiger partial charge in [-0.05, 0) is 34.1 Å². The summed E-state index contributed by atoms with van der Waals surface area (Å²) in [6.45, 7) is 5.82. The van der Waals surface area contributed by atoms with Crippen molar-refractivity contribution in [3.8, 4) is 5.75 Å². The first-order chi connectivity index (χ1) is 10.1. The van der Waals surface area contributed by atoms with E-state index in [1.54, 1.807) is 18.1 Å². The molecule has 2 rings (SSSR count). The fourth-order valence-electron chi connectivity index (χ4n) is 2.35. The molecule has 0 aliphatic carbocycles.